The Hall–Kier alpha value is -2.83. The molecule has 1 heterocycles. The highest BCUT2D eigenvalue weighted by Gasteiger charge is 2.23. The minimum absolute atomic E-state index is 0.0959. The van der Waals surface area contributed by atoms with Crippen LogP contribution in [0.5, 0.6) is 5.75 Å². The lowest BCUT2D eigenvalue weighted by Gasteiger charge is -2.29. The second kappa shape index (κ2) is 8.91. The molecule has 3 rings (SSSR count). The quantitative estimate of drug-likeness (QED) is 0.770. The molecule has 2 unspecified atom stereocenters. The summed E-state index contributed by atoms with van der Waals surface area (Å²) in [5.41, 5.74) is 0.878. The Kier molecular flexibility index (Phi) is 6.34. The van der Waals surface area contributed by atoms with Crippen molar-refractivity contribution in [3.63, 3.8) is 0 Å². The van der Waals surface area contributed by atoms with Crippen LogP contribution in [0.25, 0.3) is 11.0 Å². The third-order valence-corrected chi connectivity index (χ3v) is 5.23. The molecular weight excluding hydrogens is 360 g/mol. The van der Waals surface area contributed by atoms with Gasteiger partial charge in [-0.1, -0.05) is 26.7 Å². The van der Waals surface area contributed by atoms with E-state index in [0.29, 0.717) is 23.7 Å². The van der Waals surface area contributed by atoms with Crippen LogP contribution < -0.4 is 21.0 Å². The van der Waals surface area contributed by atoms with Gasteiger partial charge >= 0.3 is 11.7 Å². The summed E-state index contributed by atoms with van der Waals surface area (Å²) in [6.07, 6.45) is 4.99. The lowest BCUT2D eigenvalue weighted by Crippen LogP contribution is -2.48. The summed E-state index contributed by atoms with van der Waals surface area (Å²) in [5, 5.41) is 5.99. The van der Waals surface area contributed by atoms with Crippen molar-refractivity contribution in [2.24, 2.45) is 5.92 Å². The third kappa shape index (κ3) is 4.91. The Morgan fingerprint density at radius 2 is 2.00 bits per heavy atom. The Balaban J connectivity index is 1.55. The average Bonchev–Trinajstić information content (AvgIpc) is 2.67. The van der Waals surface area contributed by atoms with E-state index in [0.717, 1.165) is 30.2 Å². The van der Waals surface area contributed by atoms with Crippen LogP contribution in [0.3, 0.4) is 0 Å². The van der Waals surface area contributed by atoms with E-state index >= 15 is 0 Å². The largest absolute Gasteiger partial charge is 0.484 e. The van der Waals surface area contributed by atoms with E-state index < -0.39 is 17.6 Å². The summed E-state index contributed by atoms with van der Waals surface area (Å²) in [4.78, 5) is 35.6. The maximum Gasteiger partial charge on any atom is 0.336 e. The number of hydrogen-bond acceptors (Lipinski definition) is 5. The number of amides is 3. The molecule has 7 nitrogen and oxygen atoms in total. The van der Waals surface area contributed by atoms with Gasteiger partial charge in [0, 0.05) is 23.6 Å². The van der Waals surface area contributed by atoms with Crippen molar-refractivity contribution in [1.29, 1.82) is 0 Å². The molecule has 0 spiro atoms. The Bertz CT molecular complexity index is 921. The summed E-state index contributed by atoms with van der Waals surface area (Å²) >= 11 is 0. The molecule has 2 N–H and O–H groups in total. The van der Waals surface area contributed by atoms with Gasteiger partial charge in [0.05, 0.1) is 0 Å². The summed E-state index contributed by atoms with van der Waals surface area (Å²) < 4.78 is 10.7. The number of ether oxygens (including phenoxy) is 1. The Morgan fingerprint density at radius 3 is 2.75 bits per heavy atom. The summed E-state index contributed by atoms with van der Waals surface area (Å²) in [6, 6.07) is 6.15. The van der Waals surface area contributed by atoms with Crippen LogP contribution in [0.15, 0.2) is 33.5 Å². The maximum atomic E-state index is 12.0. The number of benzene rings is 1. The van der Waals surface area contributed by atoms with Crippen LogP contribution in [0, 0.1) is 5.92 Å². The van der Waals surface area contributed by atoms with Crippen molar-refractivity contribution < 1.29 is 18.7 Å². The lowest BCUT2D eigenvalue weighted by atomic mass is 9.86. The van der Waals surface area contributed by atoms with Crippen molar-refractivity contribution in [1.82, 2.24) is 10.6 Å². The number of carbonyl (C=O) groups is 2. The van der Waals surface area contributed by atoms with Crippen molar-refractivity contribution in [3.8, 4) is 5.75 Å². The van der Waals surface area contributed by atoms with Crippen LogP contribution in [0.4, 0.5) is 4.79 Å². The van der Waals surface area contributed by atoms with Gasteiger partial charge in [-0.2, -0.15) is 0 Å². The molecule has 0 saturated heterocycles. The highest BCUT2D eigenvalue weighted by Crippen LogP contribution is 2.24. The predicted octanol–water partition coefficient (Wildman–Crippen LogP) is 3.14. The smallest absolute Gasteiger partial charge is 0.336 e. The summed E-state index contributed by atoms with van der Waals surface area (Å²) in [6.45, 7) is 3.76. The second-order valence-corrected chi connectivity index (χ2v) is 7.28. The van der Waals surface area contributed by atoms with Gasteiger partial charge < -0.3 is 14.5 Å². The molecule has 2 atom stereocenters. The first-order valence-electron chi connectivity index (χ1n) is 9.76. The van der Waals surface area contributed by atoms with E-state index in [1.807, 2.05) is 6.92 Å². The molecule has 3 amide bonds. The fourth-order valence-corrected chi connectivity index (χ4v) is 3.64. The summed E-state index contributed by atoms with van der Waals surface area (Å²) in [5.74, 6) is 0.260. The number of hydrogen-bond donors (Lipinski definition) is 2. The van der Waals surface area contributed by atoms with Gasteiger partial charge in [-0.3, -0.25) is 10.1 Å². The van der Waals surface area contributed by atoms with Gasteiger partial charge in [-0.25, -0.2) is 9.59 Å². The number of nitrogens with one attached hydrogen (secondary N) is 2. The van der Waals surface area contributed by atoms with Gasteiger partial charge in [-0.05, 0) is 42.9 Å². The van der Waals surface area contributed by atoms with E-state index in [1.165, 1.54) is 12.5 Å². The molecule has 0 radical (unpaired) electrons. The molecule has 1 saturated carbocycles. The molecule has 1 fully saturated rings. The lowest BCUT2D eigenvalue weighted by molar-refractivity contribution is -0.122. The van der Waals surface area contributed by atoms with Crippen molar-refractivity contribution in [2.75, 3.05) is 6.61 Å². The van der Waals surface area contributed by atoms with Gasteiger partial charge in [0.2, 0.25) is 0 Å². The fraction of sp³-hybridized carbons (Fsp3) is 0.476. The van der Waals surface area contributed by atoms with Crippen LogP contribution in [-0.4, -0.2) is 24.6 Å². The van der Waals surface area contributed by atoms with Crippen molar-refractivity contribution in [3.05, 3.63) is 40.2 Å². The second-order valence-electron chi connectivity index (χ2n) is 7.28. The van der Waals surface area contributed by atoms with Gasteiger partial charge in [0.15, 0.2) is 6.61 Å². The van der Waals surface area contributed by atoms with Crippen LogP contribution in [-0.2, 0) is 11.2 Å². The molecule has 150 valence electrons. The van der Waals surface area contributed by atoms with E-state index in [2.05, 4.69) is 17.6 Å². The SMILES string of the molecule is CCc1cc(=O)oc2cc(OCC(=O)NC(=O)NC3CCCCC3C)ccc12. The minimum Gasteiger partial charge on any atom is -0.484 e. The topological polar surface area (TPSA) is 97.6 Å². The molecule has 1 aliphatic carbocycles. The van der Waals surface area contributed by atoms with E-state index in [4.69, 9.17) is 9.15 Å². The van der Waals surface area contributed by atoms with Crippen molar-refractivity contribution >= 4 is 22.9 Å². The predicted molar refractivity (Wildman–Crippen MR) is 105 cm³/mol. The minimum atomic E-state index is -0.537. The summed E-state index contributed by atoms with van der Waals surface area (Å²) in [7, 11) is 0. The van der Waals surface area contributed by atoms with Crippen LogP contribution in [0.1, 0.15) is 45.1 Å². The number of aryl methyl sites for hydroxylation is 1. The van der Waals surface area contributed by atoms with E-state index in [-0.39, 0.29) is 12.6 Å². The van der Waals surface area contributed by atoms with Gasteiger partial charge in [0.25, 0.3) is 5.91 Å². The Morgan fingerprint density at radius 1 is 1.21 bits per heavy atom. The molecule has 1 aliphatic rings. The van der Waals surface area contributed by atoms with E-state index in [9.17, 15) is 14.4 Å². The first kappa shape index (κ1) is 19.9. The number of fused-ring (bicyclic) bond motifs is 1. The highest BCUT2D eigenvalue weighted by atomic mass is 16.5. The zero-order valence-corrected chi connectivity index (χ0v) is 16.2. The first-order chi connectivity index (χ1) is 13.5. The molecule has 0 bridgehead atoms. The standard InChI is InChI=1S/C21H26N2O5/c1-3-14-10-20(25)28-18-11-15(8-9-16(14)18)27-12-19(24)23-21(26)22-17-7-5-4-6-13(17)2/h8-11,13,17H,3-7,12H2,1-2H3,(H2,22,23,24,26). The van der Waals surface area contributed by atoms with Gasteiger partial charge in [0.1, 0.15) is 11.3 Å². The molecule has 0 aliphatic heterocycles. The number of imide groups is 1. The molecule has 1 aromatic heterocycles. The molecule has 28 heavy (non-hydrogen) atoms. The maximum absolute atomic E-state index is 12.0. The molecule has 7 heteroatoms. The molecular formula is C21H26N2O5. The first-order valence-corrected chi connectivity index (χ1v) is 9.76. The number of urea groups is 1. The van der Waals surface area contributed by atoms with Crippen molar-refractivity contribution in [2.45, 2.75) is 52.0 Å². The average molecular weight is 386 g/mol. The third-order valence-electron chi connectivity index (χ3n) is 5.23. The zero-order valence-electron chi connectivity index (χ0n) is 16.2. The van der Waals surface area contributed by atoms with Crippen LogP contribution >= 0.6 is 0 Å². The normalized spacial score (nSPS) is 19.2. The highest BCUT2D eigenvalue weighted by molar-refractivity contribution is 5.95. The van der Waals surface area contributed by atoms with Gasteiger partial charge in [-0.15, -0.1) is 0 Å². The zero-order chi connectivity index (χ0) is 20.1. The monoisotopic (exact) mass is 386 g/mol. The number of carbonyl (C=O) groups excluding carboxylic acids is 2. The molecule has 2 aromatic rings. The van der Waals surface area contributed by atoms with Crippen LogP contribution in [0.2, 0.25) is 0 Å². The fourth-order valence-electron chi connectivity index (χ4n) is 3.64. The molecule has 1 aromatic carbocycles. The van der Waals surface area contributed by atoms with E-state index in [1.54, 1.807) is 18.2 Å². The Labute approximate surface area is 163 Å². The number of rotatable bonds is 5.